The molecule has 4 saturated heterocycles. The van der Waals surface area contributed by atoms with Gasteiger partial charge in [-0.15, -0.1) is 0 Å². The number of imide groups is 1. The topological polar surface area (TPSA) is 180 Å². The molecule has 4 aliphatic rings. The van der Waals surface area contributed by atoms with Crippen LogP contribution in [0.2, 0.25) is 0 Å². The van der Waals surface area contributed by atoms with Crippen molar-refractivity contribution in [2.75, 3.05) is 78.9 Å². The molecule has 0 spiro atoms. The fourth-order valence-electron chi connectivity index (χ4n) is 8.00. The third kappa shape index (κ3) is 8.00. The average molecular weight is 760 g/mol. The molecule has 0 saturated carbocycles. The molecular formula is C40H49N13O3. The molecule has 2 aromatic carbocycles. The van der Waals surface area contributed by atoms with E-state index >= 15 is 0 Å². The standard InChI is InChI=1S/C40H49N13O3/c1-28(30-5-3-2-4-6-30)53-44-27-40(48-53,37(41)55)34-13-17-42-38(46-34)45-31-7-12-35(43-25-31)51-23-21-49(22-24-51)26-29-14-18-50(19-15-29)32-8-10-33(11-9-32)52-20-16-36(54)47-39(52)56/h2-13,17,25,28-29,44,48H,14-16,18-24,26-27H2,1H3,(H2,41,55)(H,42,45,46)(H,47,54,56). The molecule has 6 N–H and O–H groups in total. The highest BCUT2D eigenvalue weighted by molar-refractivity contribution is 6.05. The van der Waals surface area contributed by atoms with Crippen molar-refractivity contribution < 1.29 is 14.4 Å². The lowest BCUT2D eigenvalue weighted by Gasteiger charge is -2.39. The predicted octanol–water partition coefficient (Wildman–Crippen LogP) is 2.87. The van der Waals surface area contributed by atoms with Gasteiger partial charge in [0.2, 0.25) is 17.8 Å². The Hall–Kier alpha value is -5.68. The van der Waals surface area contributed by atoms with Crippen LogP contribution in [0.15, 0.2) is 85.2 Å². The van der Waals surface area contributed by atoms with Crippen molar-refractivity contribution in [3.05, 3.63) is 96.4 Å². The number of hydrogen-bond donors (Lipinski definition) is 5. The Balaban J connectivity index is 0.797. The molecule has 4 fully saturated rings. The summed E-state index contributed by atoms with van der Waals surface area (Å²) in [4.78, 5) is 59.4. The molecule has 16 heteroatoms. The number of pyridine rings is 1. The van der Waals surface area contributed by atoms with Crippen molar-refractivity contribution in [3.63, 3.8) is 0 Å². The Labute approximate surface area is 326 Å². The van der Waals surface area contributed by atoms with Crippen LogP contribution in [-0.4, -0.2) is 102 Å². The number of piperidine rings is 1. The van der Waals surface area contributed by atoms with Crippen LogP contribution in [0.3, 0.4) is 0 Å². The number of hydrogen-bond acceptors (Lipinski definition) is 13. The van der Waals surface area contributed by atoms with E-state index in [2.05, 4.69) is 53.3 Å². The summed E-state index contributed by atoms with van der Waals surface area (Å²) in [6.07, 6.45) is 6.01. The van der Waals surface area contributed by atoms with E-state index in [1.165, 1.54) is 5.69 Å². The molecule has 4 aromatic rings. The maximum absolute atomic E-state index is 12.9. The van der Waals surface area contributed by atoms with E-state index in [1.807, 2.05) is 61.5 Å². The van der Waals surface area contributed by atoms with Gasteiger partial charge in [-0.25, -0.2) is 30.6 Å². The van der Waals surface area contributed by atoms with E-state index < -0.39 is 11.4 Å². The largest absolute Gasteiger partial charge is 0.372 e. The summed E-state index contributed by atoms with van der Waals surface area (Å²) in [5.74, 6) is 1.17. The van der Waals surface area contributed by atoms with Gasteiger partial charge in [-0.1, -0.05) is 30.3 Å². The summed E-state index contributed by atoms with van der Waals surface area (Å²) >= 11 is 0. The summed E-state index contributed by atoms with van der Waals surface area (Å²) in [5.41, 5.74) is 15.6. The minimum atomic E-state index is -1.25. The molecule has 4 aliphatic heterocycles. The second kappa shape index (κ2) is 16.2. The number of amides is 4. The zero-order valence-electron chi connectivity index (χ0n) is 31.6. The molecule has 8 rings (SSSR count). The zero-order valence-corrected chi connectivity index (χ0v) is 31.6. The zero-order chi connectivity index (χ0) is 38.6. The van der Waals surface area contributed by atoms with Crippen LogP contribution in [-0.2, 0) is 15.1 Å². The van der Waals surface area contributed by atoms with Gasteiger partial charge in [0, 0.05) is 82.9 Å². The van der Waals surface area contributed by atoms with Gasteiger partial charge in [-0.05, 0) is 73.7 Å². The summed E-state index contributed by atoms with van der Waals surface area (Å²) in [5, 5.41) is 7.43. The quantitative estimate of drug-likeness (QED) is 0.151. The third-order valence-corrected chi connectivity index (χ3v) is 11.4. The Morgan fingerprint density at radius 3 is 2.34 bits per heavy atom. The van der Waals surface area contributed by atoms with Crippen molar-refractivity contribution in [2.45, 2.75) is 37.8 Å². The smallest absolute Gasteiger partial charge is 0.328 e. The number of nitrogens with two attached hydrogens (primary N) is 1. The van der Waals surface area contributed by atoms with E-state index in [0.717, 1.165) is 81.4 Å². The van der Waals surface area contributed by atoms with E-state index in [4.69, 9.17) is 15.7 Å². The van der Waals surface area contributed by atoms with Gasteiger partial charge in [0.05, 0.1) is 23.6 Å². The predicted molar refractivity (Wildman–Crippen MR) is 214 cm³/mol. The first-order chi connectivity index (χ1) is 27.2. The maximum atomic E-state index is 12.9. The van der Waals surface area contributed by atoms with E-state index in [-0.39, 0.29) is 24.5 Å². The number of piperazine rings is 1. The molecule has 2 aromatic heterocycles. The Kier molecular flexibility index (Phi) is 10.8. The van der Waals surface area contributed by atoms with Crippen molar-refractivity contribution in [3.8, 4) is 0 Å². The number of nitrogens with one attached hydrogen (secondary N) is 4. The first kappa shape index (κ1) is 37.3. The lowest BCUT2D eigenvalue weighted by Crippen LogP contribution is -2.54. The van der Waals surface area contributed by atoms with Crippen LogP contribution in [0.5, 0.6) is 0 Å². The van der Waals surface area contributed by atoms with Gasteiger partial charge >= 0.3 is 6.03 Å². The van der Waals surface area contributed by atoms with Crippen LogP contribution in [0.4, 0.5) is 33.6 Å². The molecule has 4 amide bonds. The number of hydrazine groups is 2. The van der Waals surface area contributed by atoms with Gasteiger partial charge < -0.3 is 20.9 Å². The van der Waals surface area contributed by atoms with Crippen molar-refractivity contribution >= 4 is 46.7 Å². The highest BCUT2D eigenvalue weighted by Gasteiger charge is 2.47. The van der Waals surface area contributed by atoms with Crippen molar-refractivity contribution in [1.29, 1.82) is 0 Å². The molecule has 0 aliphatic carbocycles. The molecule has 56 heavy (non-hydrogen) atoms. The lowest BCUT2D eigenvalue weighted by molar-refractivity contribution is -0.125. The first-order valence-electron chi connectivity index (χ1n) is 19.4. The second-order valence-electron chi connectivity index (χ2n) is 15.0. The van der Waals surface area contributed by atoms with Crippen LogP contribution in [0.1, 0.15) is 43.5 Å². The molecule has 0 bridgehead atoms. The monoisotopic (exact) mass is 759 g/mol. The fourth-order valence-corrected chi connectivity index (χ4v) is 8.00. The van der Waals surface area contributed by atoms with E-state index in [0.29, 0.717) is 30.5 Å². The number of rotatable bonds is 11. The molecule has 6 heterocycles. The van der Waals surface area contributed by atoms with Gasteiger partial charge in [0.15, 0.2) is 5.54 Å². The van der Waals surface area contributed by atoms with Crippen LogP contribution in [0.25, 0.3) is 0 Å². The van der Waals surface area contributed by atoms with Crippen LogP contribution < -0.4 is 41.9 Å². The van der Waals surface area contributed by atoms with Gasteiger partial charge in [-0.2, -0.15) is 5.12 Å². The third-order valence-electron chi connectivity index (χ3n) is 11.4. The number of urea groups is 1. The number of aromatic nitrogens is 3. The number of primary amides is 1. The highest BCUT2D eigenvalue weighted by Crippen LogP contribution is 2.30. The Bertz CT molecular complexity index is 2000. The summed E-state index contributed by atoms with van der Waals surface area (Å²) < 4.78 is 0. The minimum Gasteiger partial charge on any atom is -0.372 e. The SMILES string of the molecule is CC(c1ccccc1)N1NCC(C(N)=O)(c2ccnc(Nc3ccc(N4CCN(CC5CCN(c6ccc(N7CCC(=O)NC7=O)cc6)CC5)CC4)nc3)n2)N1. The van der Waals surface area contributed by atoms with Crippen molar-refractivity contribution in [1.82, 2.24) is 41.1 Å². The van der Waals surface area contributed by atoms with Crippen LogP contribution >= 0.6 is 0 Å². The fraction of sp³-hybridized carbons (Fsp3) is 0.400. The number of nitrogens with zero attached hydrogens (tertiary/aromatic N) is 8. The van der Waals surface area contributed by atoms with Gasteiger partial charge in [-0.3, -0.25) is 24.7 Å². The van der Waals surface area contributed by atoms with Gasteiger partial charge in [0.25, 0.3) is 0 Å². The molecule has 2 unspecified atom stereocenters. The van der Waals surface area contributed by atoms with E-state index in [9.17, 15) is 14.4 Å². The Morgan fingerprint density at radius 2 is 1.64 bits per heavy atom. The average Bonchev–Trinajstić information content (AvgIpc) is 3.70. The molecule has 2 atom stereocenters. The molecule has 0 radical (unpaired) electrons. The highest BCUT2D eigenvalue weighted by atomic mass is 16.2. The lowest BCUT2D eigenvalue weighted by atomic mass is 9.95. The number of benzene rings is 2. The number of carbonyl (C=O) groups is 3. The molecule has 292 valence electrons. The van der Waals surface area contributed by atoms with Gasteiger partial charge in [0.1, 0.15) is 5.82 Å². The minimum absolute atomic E-state index is 0.0696. The normalized spacial score (nSPS) is 21.9. The Morgan fingerprint density at radius 1 is 0.893 bits per heavy atom. The number of carbonyl (C=O) groups excluding carboxylic acids is 3. The number of anilines is 5. The summed E-state index contributed by atoms with van der Waals surface area (Å²) in [6, 6.07) is 23.4. The summed E-state index contributed by atoms with van der Waals surface area (Å²) in [6.45, 7) is 9.61. The first-order valence-corrected chi connectivity index (χ1v) is 19.4. The maximum Gasteiger partial charge on any atom is 0.328 e. The molecule has 16 nitrogen and oxygen atoms in total. The van der Waals surface area contributed by atoms with Crippen molar-refractivity contribution in [2.24, 2.45) is 11.7 Å². The van der Waals surface area contributed by atoms with E-state index in [1.54, 1.807) is 28.5 Å². The molecular weight excluding hydrogens is 711 g/mol. The summed E-state index contributed by atoms with van der Waals surface area (Å²) in [7, 11) is 0. The second-order valence-corrected chi connectivity index (χ2v) is 15.0. The van der Waals surface area contributed by atoms with Crippen LogP contribution in [0, 0.1) is 5.92 Å².